The molecule has 0 saturated heterocycles. The maximum atomic E-state index is 4.14. The number of nitrogens with zero attached hydrogens (tertiary/aromatic N) is 2. The van der Waals surface area contributed by atoms with Crippen molar-refractivity contribution in [1.82, 2.24) is 14.9 Å². The van der Waals surface area contributed by atoms with Crippen LogP contribution in [0, 0.1) is 5.92 Å². The maximum Gasteiger partial charge on any atom is 0.0927 e. The van der Waals surface area contributed by atoms with Gasteiger partial charge in [-0.15, -0.1) is 5.10 Å². The second kappa shape index (κ2) is 4.15. The van der Waals surface area contributed by atoms with Crippen LogP contribution in [0.15, 0.2) is 5.38 Å². The van der Waals surface area contributed by atoms with Crippen LogP contribution in [0.25, 0.3) is 0 Å². The van der Waals surface area contributed by atoms with E-state index in [0.717, 1.165) is 18.2 Å². The Balaban J connectivity index is 1.97. The Labute approximate surface area is 82.7 Å². The van der Waals surface area contributed by atoms with E-state index in [1.165, 1.54) is 30.8 Å². The molecule has 0 aliphatic heterocycles. The molecule has 1 saturated carbocycles. The molecule has 1 unspecified atom stereocenters. The van der Waals surface area contributed by atoms with E-state index in [0.29, 0.717) is 6.04 Å². The first-order valence-corrected chi connectivity index (χ1v) is 5.75. The summed E-state index contributed by atoms with van der Waals surface area (Å²) in [7, 11) is 0. The van der Waals surface area contributed by atoms with E-state index in [1.54, 1.807) is 0 Å². The summed E-state index contributed by atoms with van der Waals surface area (Å²) < 4.78 is 3.91. The van der Waals surface area contributed by atoms with Crippen LogP contribution in [0.3, 0.4) is 0 Å². The first-order valence-electron chi connectivity index (χ1n) is 4.92. The lowest BCUT2D eigenvalue weighted by Crippen LogP contribution is -2.24. The van der Waals surface area contributed by atoms with Crippen molar-refractivity contribution >= 4 is 11.5 Å². The maximum absolute atomic E-state index is 4.14. The molecule has 1 aliphatic rings. The van der Waals surface area contributed by atoms with Gasteiger partial charge in [0, 0.05) is 5.38 Å². The molecule has 1 heterocycles. The van der Waals surface area contributed by atoms with E-state index < -0.39 is 0 Å². The van der Waals surface area contributed by atoms with Crippen molar-refractivity contribution in [2.45, 2.75) is 32.2 Å². The van der Waals surface area contributed by atoms with Gasteiger partial charge in [0.2, 0.25) is 0 Å². The molecule has 1 atom stereocenters. The van der Waals surface area contributed by atoms with Gasteiger partial charge in [0.1, 0.15) is 0 Å². The molecule has 3 nitrogen and oxygen atoms in total. The van der Waals surface area contributed by atoms with Crippen LogP contribution in [-0.2, 0) is 0 Å². The average molecular weight is 197 g/mol. The van der Waals surface area contributed by atoms with Crippen molar-refractivity contribution < 1.29 is 0 Å². The van der Waals surface area contributed by atoms with Crippen molar-refractivity contribution in [3.8, 4) is 0 Å². The van der Waals surface area contributed by atoms with Gasteiger partial charge < -0.3 is 5.32 Å². The lowest BCUT2D eigenvalue weighted by Gasteiger charge is -2.14. The fourth-order valence-electron chi connectivity index (χ4n) is 1.55. The van der Waals surface area contributed by atoms with Crippen molar-refractivity contribution in [2.75, 3.05) is 6.54 Å². The van der Waals surface area contributed by atoms with Crippen LogP contribution >= 0.6 is 11.5 Å². The third-order valence-electron chi connectivity index (χ3n) is 2.40. The zero-order valence-corrected chi connectivity index (χ0v) is 8.68. The average Bonchev–Trinajstić information content (AvgIpc) is 2.82. The highest BCUT2D eigenvalue weighted by atomic mass is 32.1. The van der Waals surface area contributed by atoms with Gasteiger partial charge in [-0.1, -0.05) is 11.4 Å². The summed E-state index contributed by atoms with van der Waals surface area (Å²) in [5.74, 6) is 0.815. The SMILES string of the molecule is CCCNC(c1csnn1)C1CC1. The minimum absolute atomic E-state index is 0.471. The summed E-state index contributed by atoms with van der Waals surface area (Å²) >= 11 is 1.45. The molecule has 2 rings (SSSR count). The molecule has 72 valence electrons. The molecule has 0 bridgehead atoms. The number of rotatable bonds is 5. The quantitative estimate of drug-likeness (QED) is 0.784. The Morgan fingerprint density at radius 3 is 3.08 bits per heavy atom. The van der Waals surface area contributed by atoms with Gasteiger partial charge >= 0.3 is 0 Å². The summed E-state index contributed by atoms with van der Waals surface area (Å²) in [4.78, 5) is 0. The van der Waals surface area contributed by atoms with E-state index in [4.69, 9.17) is 0 Å². The van der Waals surface area contributed by atoms with Crippen molar-refractivity contribution in [1.29, 1.82) is 0 Å². The molecule has 0 spiro atoms. The lowest BCUT2D eigenvalue weighted by molar-refractivity contribution is 0.470. The number of hydrogen-bond donors (Lipinski definition) is 1. The predicted octanol–water partition coefficient (Wildman–Crippen LogP) is 1.99. The van der Waals surface area contributed by atoms with Gasteiger partial charge in [0.25, 0.3) is 0 Å². The molecule has 0 aromatic carbocycles. The van der Waals surface area contributed by atoms with Crippen LogP contribution in [0.5, 0.6) is 0 Å². The number of hydrogen-bond acceptors (Lipinski definition) is 4. The Morgan fingerprint density at radius 1 is 1.69 bits per heavy atom. The van der Waals surface area contributed by atoms with Crippen LogP contribution in [0.4, 0.5) is 0 Å². The van der Waals surface area contributed by atoms with Gasteiger partial charge in [-0.2, -0.15) is 0 Å². The molecule has 1 N–H and O–H groups in total. The number of nitrogens with one attached hydrogen (secondary N) is 1. The highest BCUT2D eigenvalue weighted by Crippen LogP contribution is 2.40. The van der Waals surface area contributed by atoms with Gasteiger partial charge in [-0.3, -0.25) is 0 Å². The largest absolute Gasteiger partial charge is 0.308 e. The van der Waals surface area contributed by atoms with Crippen LogP contribution in [0.2, 0.25) is 0 Å². The van der Waals surface area contributed by atoms with E-state index in [1.807, 2.05) is 0 Å². The van der Waals surface area contributed by atoms with Crippen LogP contribution in [0.1, 0.15) is 37.9 Å². The molecule has 1 aromatic rings. The minimum Gasteiger partial charge on any atom is -0.308 e. The predicted molar refractivity (Wildman–Crippen MR) is 53.7 cm³/mol. The topological polar surface area (TPSA) is 37.8 Å². The standard InChI is InChI=1S/C9H15N3S/c1-2-5-10-9(7-3-4-7)8-6-13-12-11-8/h6-7,9-10H,2-5H2,1H3. The Bertz CT molecular complexity index is 243. The molecule has 1 aromatic heterocycles. The minimum atomic E-state index is 0.471. The van der Waals surface area contributed by atoms with Crippen LogP contribution in [-0.4, -0.2) is 16.1 Å². The van der Waals surface area contributed by atoms with E-state index in [2.05, 4.69) is 27.2 Å². The van der Waals surface area contributed by atoms with Crippen molar-refractivity contribution in [3.63, 3.8) is 0 Å². The summed E-state index contributed by atoms with van der Waals surface area (Å²) in [6, 6.07) is 0.471. The Kier molecular flexibility index (Phi) is 2.90. The van der Waals surface area contributed by atoms with Crippen molar-refractivity contribution in [2.24, 2.45) is 5.92 Å². The summed E-state index contributed by atoms with van der Waals surface area (Å²) in [5.41, 5.74) is 1.14. The fourth-order valence-corrected chi connectivity index (χ4v) is 2.04. The summed E-state index contributed by atoms with van der Waals surface area (Å²) in [6.45, 7) is 3.27. The van der Waals surface area contributed by atoms with E-state index >= 15 is 0 Å². The zero-order chi connectivity index (χ0) is 9.10. The Hall–Kier alpha value is -0.480. The normalized spacial score (nSPS) is 18.8. The van der Waals surface area contributed by atoms with Gasteiger partial charge in [0.05, 0.1) is 11.7 Å². The molecule has 4 heteroatoms. The molecule has 1 fully saturated rings. The molecular formula is C9H15N3S. The van der Waals surface area contributed by atoms with E-state index in [9.17, 15) is 0 Å². The zero-order valence-electron chi connectivity index (χ0n) is 7.86. The highest BCUT2D eigenvalue weighted by molar-refractivity contribution is 7.03. The fraction of sp³-hybridized carbons (Fsp3) is 0.778. The van der Waals surface area contributed by atoms with Gasteiger partial charge in [-0.25, -0.2) is 0 Å². The highest BCUT2D eigenvalue weighted by Gasteiger charge is 2.33. The summed E-state index contributed by atoms with van der Waals surface area (Å²) in [5, 5.41) is 9.74. The molecule has 13 heavy (non-hydrogen) atoms. The second-order valence-electron chi connectivity index (χ2n) is 3.60. The molecule has 1 aliphatic carbocycles. The van der Waals surface area contributed by atoms with Gasteiger partial charge in [0.15, 0.2) is 0 Å². The molecular weight excluding hydrogens is 182 g/mol. The van der Waals surface area contributed by atoms with E-state index in [-0.39, 0.29) is 0 Å². The molecule has 0 radical (unpaired) electrons. The Morgan fingerprint density at radius 2 is 2.54 bits per heavy atom. The number of aromatic nitrogens is 2. The third kappa shape index (κ3) is 2.25. The van der Waals surface area contributed by atoms with Crippen molar-refractivity contribution in [3.05, 3.63) is 11.1 Å². The second-order valence-corrected chi connectivity index (χ2v) is 4.21. The van der Waals surface area contributed by atoms with Crippen LogP contribution < -0.4 is 5.32 Å². The monoisotopic (exact) mass is 197 g/mol. The summed E-state index contributed by atoms with van der Waals surface area (Å²) in [6.07, 6.45) is 3.87. The smallest absolute Gasteiger partial charge is 0.0927 e. The first-order chi connectivity index (χ1) is 6.42. The molecule has 0 amide bonds. The third-order valence-corrected chi connectivity index (χ3v) is 2.93. The lowest BCUT2D eigenvalue weighted by atomic mass is 10.1. The first kappa shape index (κ1) is 9.09. The van der Waals surface area contributed by atoms with Gasteiger partial charge in [-0.05, 0) is 43.3 Å².